The average Bonchev–Trinajstić information content (AvgIpc) is 3.25. The first-order valence-electron chi connectivity index (χ1n) is 7.79. The van der Waals surface area contributed by atoms with Gasteiger partial charge in [0, 0.05) is 23.9 Å². The molecule has 2 aliphatic rings. The molecule has 0 atom stereocenters. The summed E-state index contributed by atoms with van der Waals surface area (Å²) in [6, 6.07) is 3.68. The standard InChI is InChI=1S/C16H13N3O5S2/c1-8(20)12-7-25-16(17-12)18-14(21)9-2-5-11-13(6-9)26(23,24)19(15(11)22)10-3-4-10/h2,5-7,10H,3-4H2,1H3,(H,17,18,21). The van der Waals surface area contributed by atoms with Crippen LogP contribution < -0.4 is 5.32 Å². The van der Waals surface area contributed by atoms with Gasteiger partial charge in [0.15, 0.2) is 10.9 Å². The molecule has 1 aliphatic carbocycles. The number of sulfonamides is 1. The van der Waals surface area contributed by atoms with Crippen molar-refractivity contribution in [3.8, 4) is 0 Å². The molecule has 0 saturated heterocycles. The van der Waals surface area contributed by atoms with E-state index in [1.165, 1.54) is 30.5 Å². The molecule has 0 radical (unpaired) electrons. The van der Waals surface area contributed by atoms with Crippen LogP contribution in [-0.4, -0.2) is 41.3 Å². The topological polar surface area (TPSA) is 114 Å². The van der Waals surface area contributed by atoms with Crippen molar-refractivity contribution in [1.29, 1.82) is 0 Å². The third kappa shape index (κ3) is 2.61. The number of nitrogens with zero attached hydrogens (tertiary/aromatic N) is 2. The van der Waals surface area contributed by atoms with Crippen molar-refractivity contribution < 1.29 is 22.8 Å². The number of benzene rings is 1. The molecule has 1 fully saturated rings. The number of amides is 2. The van der Waals surface area contributed by atoms with E-state index in [2.05, 4.69) is 10.3 Å². The normalized spacial score (nSPS) is 17.9. The molecule has 1 aromatic heterocycles. The van der Waals surface area contributed by atoms with E-state index in [0.29, 0.717) is 12.8 Å². The fourth-order valence-electron chi connectivity index (χ4n) is 2.72. The number of carbonyl (C=O) groups excluding carboxylic acids is 3. The first-order chi connectivity index (χ1) is 12.3. The lowest BCUT2D eigenvalue weighted by molar-refractivity contribution is 0.0864. The Morgan fingerprint density at radius 2 is 2.04 bits per heavy atom. The second kappa shape index (κ2) is 5.71. The zero-order chi connectivity index (χ0) is 18.6. The third-order valence-electron chi connectivity index (χ3n) is 4.18. The van der Waals surface area contributed by atoms with Gasteiger partial charge >= 0.3 is 0 Å². The van der Waals surface area contributed by atoms with Crippen molar-refractivity contribution in [2.45, 2.75) is 30.7 Å². The third-order valence-corrected chi connectivity index (χ3v) is 6.81. The number of nitrogens with one attached hydrogen (secondary N) is 1. The zero-order valence-electron chi connectivity index (χ0n) is 13.6. The fraction of sp³-hybridized carbons (Fsp3) is 0.250. The second-order valence-electron chi connectivity index (χ2n) is 6.10. The summed E-state index contributed by atoms with van der Waals surface area (Å²) in [7, 11) is -3.92. The number of anilines is 1. The number of aromatic nitrogens is 1. The SMILES string of the molecule is CC(=O)c1csc(NC(=O)c2ccc3c(c2)S(=O)(=O)N(C2CC2)C3=O)n1. The molecule has 2 amide bonds. The number of hydrogen-bond acceptors (Lipinski definition) is 7. The van der Waals surface area contributed by atoms with Crippen molar-refractivity contribution in [3.63, 3.8) is 0 Å². The van der Waals surface area contributed by atoms with Gasteiger partial charge in [0.25, 0.3) is 21.8 Å². The lowest BCUT2D eigenvalue weighted by Gasteiger charge is -2.13. The van der Waals surface area contributed by atoms with Gasteiger partial charge in [-0.05, 0) is 31.0 Å². The van der Waals surface area contributed by atoms with Crippen LogP contribution in [0.2, 0.25) is 0 Å². The van der Waals surface area contributed by atoms with E-state index >= 15 is 0 Å². The number of rotatable bonds is 4. The average molecular weight is 391 g/mol. The molecule has 26 heavy (non-hydrogen) atoms. The molecular weight excluding hydrogens is 378 g/mol. The minimum Gasteiger partial charge on any atom is -0.298 e. The predicted molar refractivity (Wildman–Crippen MR) is 92.9 cm³/mol. The first-order valence-corrected chi connectivity index (χ1v) is 10.1. The highest BCUT2D eigenvalue weighted by atomic mass is 32.2. The lowest BCUT2D eigenvalue weighted by atomic mass is 10.1. The minimum absolute atomic E-state index is 0.0848. The van der Waals surface area contributed by atoms with E-state index in [1.54, 1.807) is 0 Å². The lowest BCUT2D eigenvalue weighted by Crippen LogP contribution is -2.31. The molecular formula is C16H13N3O5S2. The molecule has 1 aliphatic heterocycles. The van der Waals surface area contributed by atoms with E-state index in [0.717, 1.165) is 15.6 Å². The molecule has 1 aromatic carbocycles. The van der Waals surface area contributed by atoms with Crippen LogP contribution in [0.5, 0.6) is 0 Å². The van der Waals surface area contributed by atoms with Crippen molar-refractivity contribution in [2.24, 2.45) is 0 Å². The quantitative estimate of drug-likeness (QED) is 0.797. The van der Waals surface area contributed by atoms with E-state index in [9.17, 15) is 22.8 Å². The van der Waals surface area contributed by atoms with Gasteiger partial charge in [0.1, 0.15) is 10.6 Å². The Bertz CT molecular complexity index is 1070. The van der Waals surface area contributed by atoms with Crippen LogP contribution in [0.3, 0.4) is 0 Å². The highest BCUT2D eigenvalue weighted by Crippen LogP contribution is 2.39. The van der Waals surface area contributed by atoms with Crippen LogP contribution in [0.4, 0.5) is 5.13 Å². The molecule has 4 rings (SSSR count). The maximum Gasteiger partial charge on any atom is 0.269 e. The van der Waals surface area contributed by atoms with Gasteiger partial charge in [-0.3, -0.25) is 19.7 Å². The number of Topliss-reactive ketones (excluding diaryl/α,β-unsaturated/α-hetero) is 1. The zero-order valence-corrected chi connectivity index (χ0v) is 15.2. The Balaban J connectivity index is 1.63. The van der Waals surface area contributed by atoms with Crippen LogP contribution in [0, 0.1) is 0 Å². The summed E-state index contributed by atoms with van der Waals surface area (Å²) in [5.41, 5.74) is 0.423. The summed E-state index contributed by atoms with van der Waals surface area (Å²) in [5, 5.41) is 4.29. The molecule has 0 unspecified atom stereocenters. The Morgan fingerprint density at radius 1 is 1.31 bits per heavy atom. The van der Waals surface area contributed by atoms with Crippen LogP contribution in [-0.2, 0) is 10.0 Å². The molecule has 8 nitrogen and oxygen atoms in total. The number of fused-ring (bicyclic) bond motifs is 1. The van der Waals surface area contributed by atoms with Crippen LogP contribution in [0.15, 0.2) is 28.5 Å². The van der Waals surface area contributed by atoms with Gasteiger partial charge < -0.3 is 0 Å². The fourth-order valence-corrected chi connectivity index (χ4v) is 5.31. The Labute approximate surface area is 152 Å². The molecule has 0 spiro atoms. The van der Waals surface area contributed by atoms with Gasteiger partial charge in [-0.25, -0.2) is 17.7 Å². The highest BCUT2D eigenvalue weighted by molar-refractivity contribution is 7.90. The molecule has 2 aromatic rings. The first kappa shape index (κ1) is 16.9. The second-order valence-corrected chi connectivity index (χ2v) is 8.74. The molecule has 0 bridgehead atoms. The van der Waals surface area contributed by atoms with Gasteiger partial charge in [-0.1, -0.05) is 0 Å². The Morgan fingerprint density at radius 3 is 2.65 bits per heavy atom. The summed E-state index contributed by atoms with van der Waals surface area (Å²) in [6.45, 7) is 1.37. The minimum atomic E-state index is -3.92. The number of ketones is 1. The maximum absolute atomic E-state index is 12.6. The smallest absolute Gasteiger partial charge is 0.269 e. The van der Waals surface area contributed by atoms with Gasteiger partial charge in [0.05, 0.1) is 5.56 Å². The number of carbonyl (C=O) groups is 3. The van der Waals surface area contributed by atoms with Gasteiger partial charge in [-0.2, -0.15) is 0 Å². The van der Waals surface area contributed by atoms with Crippen LogP contribution in [0.1, 0.15) is 51.0 Å². The van der Waals surface area contributed by atoms with Crippen molar-refractivity contribution in [2.75, 3.05) is 5.32 Å². The Hall–Kier alpha value is -2.59. The van der Waals surface area contributed by atoms with Crippen molar-refractivity contribution >= 4 is 44.1 Å². The summed E-state index contributed by atoms with van der Waals surface area (Å²) < 4.78 is 26.1. The van der Waals surface area contributed by atoms with Gasteiger partial charge in [-0.15, -0.1) is 11.3 Å². The van der Waals surface area contributed by atoms with E-state index in [1.807, 2.05) is 0 Å². The largest absolute Gasteiger partial charge is 0.298 e. The van der Waals surface area contributed by atoms with Gasteiger partial charge in [0.2, 0.25) is 0 Å². The summed E-state index contributed by atoms with van der Waals surface area (Å²) in [6.07, 6.45) is 1.32. The number of thiazole rings is 1. The van der Waals surface area contributed by atoms with E-state index < -0.39 is 21.8 Å². The summed E-state index contributed by atoms with van der Waals surface area (Å²) >= 11 is 1.09. The Kier molecular flexibility index (Phi) is 3.70. The molecule has 10 heteroatoms. The monoisotopic (exact) mass is 391 g/mol. The summed E-state index contributed by atoms with van der Waals surface area (Å²) in [5.74, 6) is -1.32. The van der Waals surface area contributed by atoms with Crippen molar-refractivity contribution in [3.05, 3.63) is 40.4 Å². The van der Waals surface area contributed by atoms with E-state index in [4.69, 9.17) is 0 Å². The maximum atomic E-state index is 12.6. The van der Waals surface area contributed by atoms with Crippen molar-refractivity contribution in [1.82, 2.24) is 9.29 Å². The summed E-state index contributed by atoms with van der Waals surface area (Å²) in [4.78, 5) is 39.8. The highest BCUT2D eigenvalue weighted by Gasteiger charge is 2.48. The molecule has 1 saturated carbocycles. The number of hydrogen-bond donors (Lipinski definition) is 1. The van der Waals surface area contributed by atoms with E-state index in [-0.39, 0.29) is 38.7 Å². The molecule has 1 N–H and O–H groups in total. The van der Waals surface area contributed by atoms with Crippen LogP contribution >= 0.6 is 11.3 Å². The molecule has 2 heterocycles. The van der Waals surface area contributed by atoms with Crippen LogP contribution in [0.25, 0.3) is 0 Å². The molecule has 134 valence electrons. The predicted octanol–water partition coefficient (Wildman–Crippen LogP) is 1.90.